The minimum Gasteiger partial charge on any atom is -0.348 e. The van der Waals surface area contributed by atoms with Gasteiger partial charge >= 0.3 is 0 Å². The molecule has 0 radical (unpaired) electrons. The van der Waals surface area contributed by atoms with Crippen molar-refractivity contribution in [1.82, 2.24) is 35.1 Å². The van der Waals surface area contributed by atoms with Crippen molar-refractivity contribution in [3.8, 4) is 0 Å². The van der Waals surface area contributed by atoms with Crippen LogP contribution in [0.3, 0.4) is 0 Å². The third-order valence-corrected chi connectivity index (χ3v) is 3.82. The summed E-state index contributed by atoms with van der Waals surface area (Å²) >= 11 is 0. The summed E-state index contributed by atoms with van der Waals surface area (Å²) in [6.07, 6.45) is 5.91. The molecule has 0 aliphatic rings. The average Bonchev–Trinajstić information content (AvgIpc) is 3.24. The lowest BCUT2D eigenvalue weighted by Crippen LogP contribution is -2.32. The maximum atomic E-state index is 12.3. The third-order valence-electron chi connectivity index (χ3n) is 3.82. The van der Waals surface area contributed by atoms with Crippen molar-refractivity contribution < 1.29 is 4.79 Å². The lowest BCUT2D eigenvalue weighted by Gasteiger charge is -2.20. The number of hydrogen-bond acceptors (Lipinski definition) is 5. The Kier molecular flexibility index (Phi) is 4.95. The molecule has 1 atom stereocenters. The third kappa shape index (κ3) is 4.03. The zero-order chi connectivity index (χ0) is 16.8. The molecule has 24 heavy (non-hydrogen) atoms. The molecule has 1 unspecified atom stereocenters. The molecule has 0 spiro atoms. The van der Waals surface area contributed by atoms with Gasteiger partial charge in [-0.25, -0.2) is 9.67 Å². The minimum absolute atomic E-state index is 0.0861. The van der Waals surface area contributed by atoms with Gasteiger partial charge in [0.1, 0.15) is 18.7 Å². The van der Waals surface area contributed by atoms with Crippen LogP contribution in [0.2, 0.25) is 0 Å². The number of hydrogen-bond donors (Lipinski definition) is 1. The highest BCUT2D eigenvalue weighted by molar-refractivity contribution is 5.76. The van der Waals surface area contributed by atoms with Crippen molar-refractivity contribution in [3.63, 3.8) is 0 Å². The molecule has 0 aliphatic carbocycles. The number of amides is 1. The van der Waals surface area contributed by atoms with Gasteiger partial charge in [0, 0.05) is 18.9 Å². The number of imidazole rings is 1. The molecule has 0 aliphatic heterocycles. The second kappa shape index (κ2) is 7.49. The summed E-state index contributed by atoms with van der Waals surface area (Å²) in [6, 6.07) is 9.85. The molecule has 3 rings (SSSR count). The first kappa shape index (κ1) is 15.9. The SMILES string of the molecule is Cc1nccn1CCC(NC(=O)Cn1cnnn1)c1ccccc1. The lowest BCUT2D eigenvalue weighted by atomic mass is 10.0. The zero-order valence-corrected chi connectivity index (χ0v) is 13.4. The van der Waals surface area contributed by atoms with E-state index in [1.54, 1.807) is 6.20 Å². The van der Waals surface area contributed by atoms with E-state index in [9.17, 15) is 4.79 Å². The Hall–Kier alpha value is -3.03. The molecule has 1 aromatic carbocycles. The molecule has 3 aromatic rings. The molecule has 0 saturated carbocycles. The van der Waals surface area contributed by atoms with Crippen molar-refractivity contribution in [2.45, 2.75) is 32.5 Å². The summed E-state index contributed by atoms with van der Waals surface area (Å²) in [5.74, 6) is 0.834. The molecule has 124 valence electrons. The molecule has 0 saturated heterocycles. The first-order chi connectivity index (χ1) is 11.7. The number of nitrogens with one attached hydrogen (secondary N) is 1. The van der Waals surface area contributed by atoms with Gasteiger partial charge in [-0.15, -0.1) is 5.10 Å². The maximum absolute atomic E-state index is 12.3. The van der Waals surface area contributed by atoms with E-state index in [1.165, 1.54) is 11.0 Å². The van der Waals surface area contributed by atoms with Gasteiger partial charge in [-0.3, -0.25) is 4.79 Å². The van der Waals surface area contributed by atoms with Crippen LogP contribution in [0.25, 0.3) is 0 Å². The van der Waals surface area contributed by atoms with Gasteiger partial charge in [-0.1, -0.05) is 30.3 Å². The molecule has 2 heterocycles. The molecular weight excluding hydrogens is 306 g/mol. The zero-order valence-electron chi connectivity index (χ0n) is 13.4. The van der Waals surface area contributed by atoms with Crippen molar-refractivity contribution in [2.75, 3.05) is 0 Å². The summed E-state index contributed by atoms with van der Waals surface area (Å²) < 4.78 is 3.47. The van der Waals surface area contributed by atoms with E-state index in [2.05, 4.69) is 30.4 Å². The van der Waals surface area contributed by atoms with E-state index in [1.807, 2.05) is 43.5 Å². The number of aryl methyl sites for hydroxylation is 2. The average molecular weight is 325 g/mol. The van der Waals surface area contributed by atoms with E-state index in [0.717, 1.165) is 24.4 Å². The van der Waals surface area contributed by atoms with E-state index >= 15 is 0 Å². The van der Waals surface area contributed by atoms with Gasteiger partial charge in [0.2, 0.25) is 5.91 Å². The Labute approximate surface area is 139 Å². The van der Waals surface area contributed by atoms with Crippen molar-refractivity contribution in [2.24, 2.45) is 0 Å². The Bertz CT molecular complexity index is 767. The number of tetrazole rings is 1. The topological polar surface area (TPSA) is 90.5 Å². The Balaban J connectivity index is 1.67. The number of benzene rings is 1. The molecule has 8 nitrogen and oxygen atoms in total. The van der Waals surface area contributed by atoms with Gasteiger partial charge < -0.3 is 9.88 Å². The predicted octanol–water partition coefficient (Wildman–Crippen LogP) is 1.13. The molecule has 8 heteroatoms. The van der Waals surface area contributed by atoms with Crippen molar-refractivity contribution in [1.29, 1.82) is 0 Å². The van der Waals surface area contributed by atoms with E-state index < -0.39 is 0 Å². The second-order valence-corrected chi connectivity index (χ2v) is 5.49. The van der Waals surface area contributed by atoms with Gasteiger partial charge in [-0.2, -0.15) is 0 Å². The van der Waals surface area contributed by atoms with Gasteiger partial charge in [0.25, 0.3) is 0 Å². The summed E-state index contributed by atoms with van der Waals surface area (Å²) in [6.45, 7) is 2.84. The Morgan fingerprint density at radius 1 is 1.29 bits per heavy atom. The molecule has 1 amide bonds. The van der Waals surface area contributed by atoms with Gasteiger partial charge in [0.15, 0.2) is 0 Å². The van der Waals surface area contributed by atoms with Crippen LogP contribution >= 0.6 is 0 Å². The standard InChI is InChI=1S/C16H19N7O/c1-13-17-8-10-22(13)9-7-15(14-5-3-2-4-6-14)19-16(24)11-23-12-18-20-21-23/h2-6,8,10,12,15H,7,9,11H2,1H3,(H,19,24). The van der Waals surface area contributed by atoms with Crippen LogP contribution in [-0.2, 0) is 17.9 Å². The van der Waals surface area contributed by atoms with E-state index in [0.29, 0.717) is 0 Å². The first-order valence-electron chi connectivity index (χ1n) is 7.75. The lowest BCUT2D eigenvalue weighted by molar-refractivity contribution is -0.122. The minimum atomic E-state index is -0.126. The van der Waals surface area contributed by atoms with E-state index in [4.69, 9.17) is 0 Å². The quantitative estimate of drug-likeness (QED) is 0.703. The van der Waals surface area contributed by atoms with E-state index in [-0.39, 0.29) is 18.5 Å². The van der Waals surface area contributed by atoms with Gasteiger partial charge in [-0.05, 0) is 29.3 Å². The van der Waals surface area contributed by atoms with Crippen LogP contribution in [-0.4, -0.2) is 35.7 Å². The Morgan fingerprint density at radius 2 is 2.12 bits per heavy atom. The fourth-order valence-corrected chi connectivity index (χ4v) is 2.56. The second-order valence-electron chi connectivity index (χ2n) is 5.49. The van der Waals surface area contributed by atoms with Crippen LogP contribution in [0, 0.1) is 6.92 Å². The van der Waals surface area contributed by atoms with Crippen LogP contribution in [0.4, 0.5) is 0 Å². The molecular formula is C16H19N7O. The molecule has 2 aromatic heterocycles. The van der Waals surface area contributed by atoms with Crippen LogP contribution < -0.4 is 5.32 Å². The number of carbonyl (C=O) groups excluding carboxylic acids is 1. The fraction of sp³-hybridized carbons (Fsp3) is 0.312. The predicted molar refractivity (Wildman–Crippen MR) is 86.7 cm³/mol. The normalized spacial score (nSPS) is 12.0. The van der Waals surface area contributed by atoms with Crippen molar-refractivity contribution in [3.05, 3.63) is 60.4 Å². The number of aromatic nitrogens is 6. The Morgan fingerprint density at radius 3 is 2.79 bits per heavy atom. The maximum Gasteiger partial charge on any atom is 0.242 e. The van der Waals surface area contributed by atoms with Crippen LogP contribution in [0.5, 0.6) is 0 Å². The fourth-order valence-electron chi connectivity index (χ4n) is 2.56. The highest BCUT2D eigenvalue weighted by Gasteiger charge is 2.15. The number of rotatable bonds is 7. The van der Waals surface area contributed by atoms with Crippen LogP contribution in [0.15, 0.2) is 49.1 Å². The number of carbonyl (C=O) groups is 1. The number of nitrogens with zero attached hydrogens (tertiary/aromatic N) is 6. The molecule has 1 N–H and O–H groups in total. The monoisotopic (exact) mass is 325 g/mol. The first-order valence-corrected chi connectivity index (χ1v) is 7.75. The highest BCUT2D eigenvalue weighted by atomic mass is 16.2. The molecule has 0 bridgehead atoms. The summed E-state index contributed by atoms with van der Waals surface area (Å²) in [7, 11) is 0. The largest absolute Gasteiger partial charge is 0.348 e. The summed E-state index contributed by atoms with van der Waals surface area (Å²) in [5, 5.41) is 13.9. The smallest absolute Gasteiger partial charge is 0.242 e. The molecule has 0 fully saturated rings. The summed E-state index contributed by atoms with van der Waals surface area (Å²) in [4.78, 5) is 16.5. The highest BCUT2D eigenvalue weighted by Crippen LogP contribution is 2.18. The van der Waals surface area contributed by atoms with Gasteiger partial charge in [0.05, 0.1) is 6.04 Å². The van der Waals surface area contributed by atoms with Crippen molar-refractivity contribution >= 4 is 5.91 Å². The van der Waals surface area contributed by atoms with Crippen LogP contribution in [0.1, 0.15) is 23.9 Å². The summed E-state index contributed by atoms with van der Waals surface area (Å²) in [5.41, 5.74) is 1.07.